The van der Waals surface area contributed by atoms with E-state index in [2.05, 4.69) is 10.5 Å². The van der Waals surface area contributed by atoms with Crippen molar-refractivity contribution in [2.24, 2.45) is 0 Å². The zero-order chi connectivity index (χ0) is 14.5. The number of aromatic nitrogens is 1. The second-order valence-electron chi connectivity index (χ2n) is 4.13. The Morgan fingerprint density at radius 2 is 2.35 bits per heavy atom. The number of benzene rings is 1. The average Bonchev–Trinajstić information content (AvgIpc) is 2.78. The maximum absolute atomic E-state index is 11.7. The van der Waals surface area contributed by atoms with E-state index >= 15 is 0 Å². The molecule has 0 atom stereocenters. The minimum absolute atomic E-state index is 0.128. The third-order valence-electron chi connectivity index (χ3n) is 2.47. The highest BCUT2D eigenvalue weighted by Crippen LogP contribution is 2.32. The molecule has 7 heteroatoms. The molecule has 1 heterocycles. The zero-order valence-electron chi connectivity index (χ0n) is 10.9. The summed E-state index contributed by atoms with van der Waals surface area (Å²) in [5.41, 5.74) is 6.46. The normalized spacial score (nSPS) is 10.5. The largest absolute Gasteiger partial charge is 0.398 e. The van der Waals surface area contributed by atoms with Crippen LogP contribution in [-0.2, 0) is 4.79 Å². The van der Waals surface area contributed by atoms with Crippen LogP contribution in [0.4, 0.5) is 11.5 Å². The number of aryl methyl sites for hydroxylation is 1. The van der Waals surface area contributed by atoms with Crippen LogP contribution in [0, 0.1) is 6.92 Å². The first-order valence-corrected chi connectivity index (χ1v) is 7.32. The Bertz CT molecular complexity index is 595. The van der Waals surface area contributed by atoms with Crippen LogP contribution in [0.3, 0.4) is 0 Å². The van der Waals surface area contributed by atoms with Gasteiger partial charge in [0.05, 0.1) is 5.02 Å². The predicted molar refractivity (Wildman–Crippen MR) is 81.1 cm³/mol. The fourth-order valence-electron chi connectivity index (χ4n) is 1.55. The molecule has 0 saturated carbocycles. The summed E-state index contributed by atoms with van der Waals surface area (Å²) in [6.07, 6.45) is 0.335. The molecule has 106 valence electrons. The molecule has 1 amide bonds. The Balaban J connectivity index is 1.82. The first kappa shape index (κ1) is 14.7. The van der Waals surface area contributed by atoms with Gasteiger partial charge >= 0.3 is 0 Å². The molecule has 0 aliphatic carbocycles. The van der Waals surface area contributed by atoms with Gasteiger partial charge in [0.15, 0.2) is 5.82 Å². The molecule has 0 aliphatic rings. The Labute approximate surface area is 125 Å². The topological polar surface area (TPSA) is 81.2 Å². The van der Waals surface area contributed by atoms with E-state index in [4.69, 9.17) is 21.9 Å². The number of nitrogens with zero attached hydrogens (tertiary/aromatic N) is 1. The smallest absolute Gasteiger partial charge is 0.226 e. The van der Waals surface area contributed by atoms with Crippen LogP contribution in [0.15, 0.2) is 33.7 Å². The van der Waals surface area contributed by atoms with Crippen molar-refractivity contribution in [1.82, 2.24) is 5.16 Å². The molecule has 0 aliphatic heterocycles. The fraction of sp³-hybridized carbons (Fsp3) is 0.231. The second-order valence-corrected chi connectivity index (χ2v) is 5.64. The van der Waals surface area contributed by atoms with Crippen LogP contribution in [0.5, 0.6) is 0 Å². The van der Waals surface area contributed by atoms with E-state index in [1.165, 1.54) is 11.8 Å². The summed E-state index contributed by atoms with van der Waals surface area (Å²) in [4.78, 5) is 12.5. The van der Waals surface area contributed by atoms with Gasteiger partial charge in [0.2, 0.25) is 5.91 Å². The highest BCUT2D eigenvalue weighted by atomic mass is 35.5. The van der Waals surface area contributed by atoms with Crippen LogP contribution in [0.25, 0.3) is 0 Å². The molecule has 0 fully saturated rings. The first-order valence-electron chi connectivity index (χ1n) is 5.96. The van der Waals surface area contributed by atoms with E-state index in [9.17, 15) is 4.79 Å². The Morgan fingerprint density at radius 1 is 1.55 bits per heavy atom. The number of carbonyl (C=O) groups excluding carboxylic acids is 1. The van der Waals surface area contributed by atoms with E-state index in [-0.39, 0.29) is 5.91 Å². The average molecular weight is 312 g/mol. The van der Waals surface area contributed by atoms with Gasteiger partial charge in [-0.1, -0.05) is 22.8 Å². The summed E-state index contributed by atoms with van der Waals surface area (Å²) in [6.45, 7) is 1.76. The van der Waals surface area contributed by atoms with Crippen molar-refractivity contribution in [2.75, 3.05) is 16.8 Å². The van der Waals surface area contributed by atoms with E-state index in [1.54, 1.807) is 31.2 Å². The summed E-state index contributed by atoms with van der Waals surface area (Å²) in [5.74, 6) is 1.53. The summed E-state index contributed by atoms with van der Waals surface area (Å²) in [7, 11) is 0. The monoisotopic (exact) mass is 311 g/mol. The summed E-state index contributed by atoms with van der Waals surface area (Å²) in [6, 6.07) is 7.02. The Morgan fingerprint density at radius 3 is 3.00 bits per heavy atom. The number of hydrogen-bond acceptors (Lipinski definition) is 5. The molecule has 2 aromatic rings. The van der Waals surface area contributed by atoms with Crippen molar-refractivity contribution in [3.8, 4) is 0 Å². The van der Waals surface area contributed by atoms with E-state index in [0.717, 1.165) is 4.90 Å². The van der Waals surface area contributed by atoms with E-state index < -0.39 is 0 Å². The van der Waals surface area contributed by atoms with Gasteiger partial charge in [-0.15, -0.1) is 11.8 Å². The summed E-state index contributed by atoms with van der Waals surface area (Å²) in [5, 5.41) is 6.95. The molecule has 3 N–H and O–H groups in total. The van der Waals surface area contributed by atoms with Gasteiger partial charge in [0, 0.05) is 28.8 Å². The lowest BCUT2D eigenvalue weighted by molar-refractivity contribution is -0.115. The lowest BCUT2D eigenvalue weighted by Gasteiger charge is -2.07. The van der Waals surface area contributed by atoms with Crippen LogP contribution < -0.4 is 11.1 Å². The first-order chi connectivity index (χ1) is 9.56. The van der Waals surface area contributed by atoms with Crippen molar-refractivity contribution >= 4 is 40.8 Å². The number of thioether (sulfide) groups is 1. The molecule has 0 unspecified atom stereocenters. The summed E-state index contributed by atoms with van der Waals surface area (Å²) >= 11 is 7.51. The maximum atomic E-state index is 11.7. The highest BCUT2D eigenvalue weighted by Gasteiger charge is 2.09. The number of anilines is 2. The van der Waals surface area contributed by atoms with Crippen molar-refractivity contribution in [3.05, 3.63) is 35.0 Å². The molecular formula is C13H14ClN3O2S. The van der Waals surface area contributed by atoms with Crippen molar-refractivity contribution in [1.29, 1.82) is 0 Å². The van der Waals surface area contributed by atoms with Crippen molar-refractivity contribution in [2.45, 2.75) is 18.2 Å². The van der Waals surface area contributed by atoms with Gasteiger partial charge in [-0.25, -0.2) is 0 Å². The second kappa shape index (κ2) is 6.67. The minimum Gasteiger partial charge on any atom is -0.398 e. The molecule has 5 nitrogen and oxygen atoms in total. The van der Waals surface area contributed by atoms with E-state index in [1.807, 2.05) is 0 Å². The lowest BCUT2D eigenvalue weighted by atomic mass is 10.3. The SMILES string of the molecule is Cc1cc(NC(=O)CCSc2c(N)cccc2Cl)no1. The lowest BCUT2D eigenvalue weighted by Crippen LogP contribution is -2.12. The van der Waals surface area contributed by atoms with Gasteiger partial charge in [0.1, 0.15) is 5.76 Å². The van der Waals surface area contributed by atoms with E-state index in [0.29, 0.717) is 34.5 Å². The van der Waals surface area contributed by atoms with Crippen LogP contribution in [-0.4, -0.2) is 16.8 Å². The highest BCUT2D eigenvalue weighted by molar-refractivity contribution is 7.99. The number of nitrogens with two attached hydrogens (primary N) is 1. The number of nitrogens with one attached hydrogen (secondary N) is 1. The number of rotatable bonds is 5. The van der Waals surface area contributed by atoms with Gasteiger partial charge in [-0.2, -0.15) is 0 Å². The molecule has 0 bridgehead atoms. The third-order valence-corrected chi connectivity index (χ3v) is 4.05. The standard InChI is InChI=1S/C13H14ClN3O2S/c1-8-7-11(17-19-8)16-12(18)5-6-20-13-9(14)3-2-4-10(13)15/h2-4,7H,5-6,15H2,1H3,(H,16,17,18). The number of halogens is 1. The minimum atomic E-state index is -0.128. The van der Waals surface area contributed by atoms with Gasteiger partial charge < -0.3 is 15.6 Å². The molecule has 20 heavy (non-hydrogen) atoms. The zero-order valence-corrected chi connectivity index (χ0v) is 12.4. The number of hydrogen-bond donors (Lipinski definition) is 2. The molecular weight excluding hydrogens is 298 g/mol. The molecule has 1 aromatic carbocycles. The van der Waals surface area contributed by atoms with Gasteiger partial charge in [0.25, 0.3) is 0 Å². The summed E-state index contributed by atoms with van der Waals surface area (Å²) < 4.78 is 4.87. The molecule has 0 spiro atoms. The number of amides is 1. The molecule has 0 saturated heterocycles. The molecule has 0 radical (unpaired) electrons. The predicted octanol–water partition coefficient (Wildman–Crippen LogP) is 3.34. The van der Waals surface area contributed by atoms with Gasteiger partial charge in [-0.05, 0) is 19.1 Å². The maximum Gasteiger partial charge on any atom is 0.226 e. The molecule has 2 rings (SSSR count). The van der Waals surface area contributed by atoms with Crippen LogP contribution >= 0.6 is 23.4 Å². The van der Waals surface area contributed by atoms with Gasteiger partial charge in [-0.3, -0.25) is 4.79 Å². The van der Waals surface area contributed by atoms with Crippen molar-refractivity contribution in [3.63, 3.8) is 0 Å². The van der Waals surface area contributed by atoms with Crippen LogP contribution in [0.1, 0.15) is 12.2 Å². The number of carbonyl (C=O) groups is 1. The Kier molecular flexibility index (Phi) is 4.92. The third kappa shape index (κ3) is 3.91. The quantitative estimate of drug-likeness (QED) is 0.654. The molecule has 1 aromatic heterocycles. The number of nitrogen functional groups attached to an aromatic ring is 1. The van der Waals surface area contributed by atoms with Crippen molar-refractivity contribution < 1.29 is 9.32 Å². The fourth-order valence-corrected chi connectivity index (χ4v) is 2.83. The van der Waals surface area contributed by atoms with Crippen LogP contribution in [0.2, 0.25) is 5.02 Å². The Hall–Kier alpha value is -1.66.